The van der Waals surface area contributed by atoms with Crippen LogP contribution in [-0.2, 0) is 0 Å². The second kappa shape index (κ2) is 3.23. The molecule has 0 unspecified atom stereocenters. The van der Waals surface area contributed by atoms with Crippen LogP contribution in [0.25, 0.3) is 0 Å². The van der Waals surface area contributed by atoms with E-state index in [0.29, 0.717) is 0 Å². The minimum absolute atomic E-state index is 0.780. The Balaban J connectivity index is 1.86. The minimum atomic E-state index is 0.780. The van der Waals surface area contributed by atoms with Crippen LogP contribution in [0.1, 0.15) is 44.9 Å². The van der Waals surface area contributed by atoms with E-state index in [0.717, 1.165) is 23.2 Å². The number of rotatable bonds is 2. The fraction of sp³-hybridized carbons (Fsp3) is 1.00. The van der Waals surface area contributed by atoms with Crippen LogP contribution in [0, 0.1) is 23.2 Å². The van der Waals surface area contributed by atoms with Gasteiger partial charge in [0.05, 0.1) is 13.6 Å². The van der Waals surface area contributed by atoms with Crippen molar-refractivity contribution in [1.29, 1.82) is 0 Å². The van der Waals surface area contributed by atoms with E-state index in [1.165, 1.54) is 6.54 Å². The Morgan fingerprint density at radius 1 is 1.00 bits per heavy atom. The third kappa shape index (κ3) is 1.41. The molecule has 14 heavy (non-hydrogen) atoms. The van der Waals surface area contributed by atoms with Crippen molar-refractivity contribution in [3.8, 4) is 0 Å². The van der Waals surface area contributed by atoms with Crippen molar-refractivity contribution < 1.29 is 5.32 Å². The van der Waals surface area contributed by atoms with Crippen molar-refractivity contribution in [2.45, 2.75) is 44.9 Å². The Hall–Kier alpha value is -0.0400. The van der Waals surface area contributed by atoms with Gasteiger partial charge in [-0.15, -0.1) is 0 Å². The molecule has 4 fully saturated rings. The van der Waals surface area contributed by atoms with E-state index in [4.69, 9.17) is 0 Å². The molecule has 80 valence electrons. The summed E-state index contributed by atoms with van der Waals surface area (Å²) < 4.78 is 0. The Morgan fingerprint density at radius 2 is 1.57 bits per heavy atom. The Kier molecular flexibility index (Phi) is 2.12. The standard InChI is InChI=1S/C13H23N/c1-14-9-13-6-10-2-3-11(7-13)5-12(4-10)8-13/h10-12,14H,2-9H2,1H3/p+1/t10-,11-,12?,13?/m1/s1. The van der Waals surface area contributed by atoms with Crippen LogP contribution in [0.5, 0.6) is 0 Å². The zero-order valence-corrected chi connectivity index (χ0v) is 9.47. The first kappa shape index (κ1) is 9.21. The molecule has 0 aromatic heterocycles. The molecule has 4 bridgehead atoms. The number of hydrogen-bond donors (Lipinski definition) is 1. The third-order valence-electron chi connectivity index (χ3n) is 5.12. The Bertz CT molecular complexity index is 207. The van der Waals surface area contributed by atoms with Gasteiger partial charge < -0.3 is 5.32 Å². The molecule has 4 rings (SSSR count). The van der Waals surface area contributed by atoms with Crippen LogP contribution in [0.15, 0.2) is 0 Å². The molecule has 0 saturated heterocycles. The van der Waals surface area contributed by atoms with Crippen molar-refractivity contribution in [3.63, 3.8) is 0 Å². The molecule has 0 amide bonds. The van der Waals surface area contributed by atoms with Gasteiger partial charge in [0, 0.05) is 5.41 Å². The first-order chi connectivity index (χ1) is 6.80. The predicted molar refractivity (Wildman–Crippen MR) is 57.9 cm³/mol. The molecule has 2 atom stereocenters. The molecule has 2 N–H and O–H groups in total. The zero-order chi connectivity index (χ0) is 9.60. The lowest BCUT2D eigenvalue weighted by Crippen LogP contribution is -2.83. The normalized spacial score (nSPS) is 50.8. The van der Waals surface area contributed by atoms with Gasteiger partial charge in [-0.25, -0.2) is 0 Å². The molecule has 0 aliphatic heterocycles. The molecule has 0 aromatic rings. The summed E-state index contributed by atoms with van der Waals surface area (Å²) in [5.74, 6) is 3.34. The molecule has 0 aromatic carbocycles. The Labute approximate surface area is 87.7 Å². The van der Waals surface area contributed by atoms with Crippen LogP contribution in [0.4, 0.5) is 0 Å². The molecular weight excluding hydrogens is 170 g/mol. The lowest BCUT2D eigenvalue weighted by atomic mass is 9.58. The third-order valence-corrected chi connectivity index (χ3v) is 5.12. The van der Waals surface area contributed by atoms with Crippen molar-refractivity contribution in [3.05, 3.63) is 0 Å². The summed E-state index contributed by atoms with van der Waals surface area (Å²) in [5, 5.41) is 2.44. The zero-order valence-electron chi connectivity index (χ0n) is 9.47. The monoisotopic (exact) mass is 194 g/mol. The van der Waals surface area contributed by atoms with E-state index in [-0.39, 0.29) is 0 Å². The van der Waals surface area contributed by atoms with Crippen LogP contribution in [0.2, 0.25) is 0 Å². The van der Waals surface area contributed by atoms with Crippen molar-refractivity contribution in [1.82, 2.24) is 0 Å². The summed E-state index contributed by atoms with van der Waals surface area (Å²) in [6.45, 7) is 1.41. The maximum absolute atomic E-state index is 2.44. The first-order valence-electron chi connectivity index (χ1n) is 6.57. The highest BCUT2D eigenvalue weighted by atomic mass is 14.8. The van der Waals surface area contributed by atoms with Gasteiger partial charge in [0.25, 0.3) is 0 Å². The van der Waals surface area contributed by atoms with E-state index in [9.17, 15) is 0 Å². The predicted octanol–water partition coefficient (Wildman–Crippen LogP) is 1.79. The molecule has 0 heterocycles. The van der Waals surface area contributed by atoms with E-state index in [2.05, 4.69) is 12.4 Å². The summed E-state index contributed by atoms with van der Waals surface area (Å²) in [6, 6.07) is 0. The molecule has 0 spiro atoms. The molecular formula is C13H24N+. The van der Waals surface area contributed by atoms with E-state index in [1.54, 1.807) is 44.9 Å². The topological polar surface area (TPSA) is 16.6 Å². The van der Waals surface area contributed by atoms with Gasteiger partial charge in [-0.3, -0.25) is 0 Å². The van der Waals surface area contributed by atoms with Gasteiger partial charge in [-0.1, -0.05) is 12.8 Å². The Morgan fingerprint density at radius 3 is 2.14 bits per heavy atom. The van der Waals surface area contributed by atoms with Crippen molar-refractivity contribution in [2.75, 3.05) is 13.6 Å². The quantitative estimate of drug-likeness (QED) is 0.690. The number of fused-ring (bicyclic) bond motifs is 1. The van der Waals surface area contributed by atoms with Crippen LogP contribution in [-0.4, -0.2) is 13.6 Å². The largest absolute Gasteiger partial charge is 0.348 e. The fourth-order valence-corrected chi connectivity index (χ4v) is 5.05. The molecule has 4 aliphatic carbocycles. The van der Waals surface area contributed by atoms with Gasteiger partial charge in [0.2, 0.25) is 0 Å². The van der Waals surface area contributed by atoms with Crippen molar-refractivity contribution in [2.24, 2.45) is 23.2 Å². The van der Waals surface area contributed by atoms with E-state index >= 15 is 0 Å². The molecule has 4 saturated carbocycles. The van der Waals surface area contributed by atoms with Crippen molar-refractivity contribution >= 4 is 0 Å². The summed E-state index contributed by atoms with van der Waals surface area (Å²) in [6.07, 6.45) is 11.0. The second-order valence-corrected chi connectivity index (χ2v) is 6.37. The summed E-state index contributed by atoms with van der Waals surface area (Å²) in [4.78, 5) is 0. The average molecular weight is 194 g/mol. The molecule has 1 nitrogen and oxygen atoms in total. The lowest BCUT2D eigenvalue weighted by Gasteiger charge is -2.47. The summed E-state index contributed by atoms with van der Waals surface area (Å²) in [7, 11) is 2.26. The SMILES string of the molecule is C[NH2+]CC12CC3C[C@@H](CC[C@H](C3)C1)C2. The minimum Gasteiger partial charge on any atom is -0.348 e. The molecule has 0 radical (unpaired) electrons. The first-order valence-corrected chi connectivity index (χ1v) is 6.57. The number of hydrogen-bond acceptors (Lipinski definition) is 0. The van der Waals surface area contributed by atoms with Gasteiger partial charge in [-0.05, 0) is 49.9 Å². The van der Waals surface area contributed by atoms with Gasteiger partial charge >= 0.3 is 0 Å². The summed E-state index contributed by atoms with van der Waals surface area (Å²) >= 11 is 0. The maximum Gasteiger partial charge on any atom is 0.0810 e. The van der Waals surface area contributed by atoms with Gasteiger partial charge in [0.1, 0.15) is 0 Å². The smallest absolute Gasteiger partial charge is 0.0810 e. The van der Waals surface area contributed by atoms with E-state index in [1.807, 2.05) is 0 Å². The van der Waals surface area contributed by atoms with Crippen LogP contribution in [0.3, 0.4) is 0 Å². The molecule has 1 heteroatoms. The highest BCUT2D eigenvalue weighted by molar-refractivity contribution is 4.98. The van der Waals surface area contributed by atoms with Gasteiger partial charge in [-0.2, -0.15) is 0 Å². The van der Waals surface area contributed by atoms with E-state index < -0.39 is 0 Å². The fourth-order valence-electron chi connectivity index (χ4n) is 5.05. The highest BCUT2D eigenvalue weighted by Crippen LogP contribution is 2.56. The second-order valence-electron chi connectivity index (χ2n) is 6.37. The number of quaternary nitrogens is 1. The summed E-state index contributed by atoms with van der Waals surface area (Å²) in [5.41, 5.74) is 0.780. The highest BCUT2D eigenvalue weighted by Gasteiger charge is 2.49. The maximum atomic E-state index is 2.44. The lowest BCUT2D eigenvalue weighted by molar-refractivity contribution is -0.641. The molecule has 4 aliphatic rings. The number of nitrogens with two attached hydrogens (primary N) is 1. The average Bonchev–Trinajstić information content (AvgIpc) is 2.32. The van der Waals surface area contributed by atoms with Gasteiger partial charge in [0.15, 0.2) is 0 Å². The van der Waals surface area contributed by atoms with Crippen LogP contribution >= 0.6 is 0 Å². The van der Waals surface area contributed by atoms with Crippen LogP contribution < -0.4 is 5.32 Å².